The first-order chi connectivity index (χ1) is 15.8. The first-order valence-corrected chi connectivity index (χ1v) is 10.4. The molecule has 0 fully saturated rings. The maximum Gasteiger partial charge on any atom is 0.324 e. The van der Waals surface area contributed by atoms with Crippen LogP contribution < -0.4 is 16.4 Å². The van der Waals surface area contributed by atoms with E-state index in [9.17, 15) is 22.8 Å². The van der Waals surface area contributed by atoms with Gasteiger partial charge in [-0.05, 0) is 41.3 Å². The number of benzene rings is 2. The molecule has 4 N–H and O–H groups in total. The Morgan fingerprint density at radius 1 is 1.00 bits per heavy atom. The van der Waals surface area contributed by atoms with Crippen molar-refractivity contribution in [3.05, 3.63) is 83.0 Å². The van der Waals surface area contributed by atoms with Crippen molar-refractivity contribution in [2.45, 2.75) is 6.42 Å². The van der Waals surface area contributed by atoms with Crippen LogP contribution in [0.4, 0.5) is 29.5 Å². The summed E-state index contributed by atoms with van der Waals surface area (Å²) in [6, 6.07) is 12.9. The molecule has 33 heavy (non-hydrogen) atoms. The summed E-state index contributed by atoms with van der Waals surface area (Å²) in [4.78, 5) is 24.6. The average molecular weight is 471 g/mol. The Hall–Kier alpha value is -4.12. The zero-order chi connectivity index (χ0) is 23.5. The van der Waals surface area contributed by atoms with Crippen LogP contribution in [0.1, 0.15) is 5.56 Å². The largest absolute Gasteiger partial charge is 0.369 e. The number of carbonyl (C=O) groups is 2. The molecule has 0 aliphatic carbocycles. The van der Waals surface area contributed by atoms with E-state index in [4.69, 9.17) is 5.73 Å². The fourth-order valence-electron chi connectivity index (χ4n) is 3.10. The fourth-order valence-corrected chi connectivity index (χ4v) is 3.78. The van der Waals surface area contributed by atoms with Gasteiger partial charge in [0, 0.05) is 6.07 Å². The minimum atomic E-state index is -1.69. The number of thiophene rings is 1. The third kappa shape index (κ3) is 4.88. The van der Waals surface area contributed by atoms with Crippen LogP contribution in [0.5, 0.6) is 0 Å². The van der Waals surface area contributed by atoms with E-state index in [2.05, 4.69) is 15.7 Å². The molecule has 3 amide bonds. The molecule has 0 bridgehead atoms. The Morgan fingerprint density at radius 2 is 1.82 bits per heavy atom. The van der Waals surface area contributed by atoms with Gasteiger partial charge in [0.05, 0.1) is 22.7 Å². The lowest BCUT2D eigenvalue weighted by atomic mass is 10.1. The molecule has 4 aromatic rings. The van der Waals surface area contributed by atoms with Crippen molar-refractivity contribution in [3.8, 4) is 16.3 Å². The van der Waals surface area contributed by atoms with Crippen molar-refractivity contribution in [3.63, 3.8) is 0 Å². The molecule has 0 unspecified atom stereocenters. The molecule has 0 spiro atoms. The minimum Gasteiger partial charge on any atom is -0.369 e. The van der Waals surface area contributed by atoms with Gasteiger partial charge in [-0.15, -0.1) is 11.3 Å². The molecule has 2 aromatic heterocycles. The fraction of sp³-hybridized carbons (Fsp3) is 0.0455. The van der Waals surface area contributed by atoms with Crippen molar-refractivity contribution in [1.29, 1.82) is 0 Å². The lowest BCUT2D eigenvalue weighted by Gasteiger charge is -2.11. The van der Waals surface area contributed by atoms with Gasteiger partial charge < -0.3 is 11.1 Å². The number of nitrogens with two attached hydrogens (primary N) is 1. The summed E-state index contributed by atoms with van der Waals surface area (Å²) in [5.41, 5.74) is 6.48. The Labute approximate surface area is 189 Å². The molecule has 2 aromatic carbocycles. The van der Waals surface area contributed by atoms with E-state index in [-0.39, 0.29) is 12.2 Å². The molecule has 0 aliphatic rings. The highest BCUT2D eigenvalue weighted by molar-refractivity contribution is 7.13. The summed E-state index contributed by atoms with van der Waals surface area (Å²) in [5, 5.41) is 11.1. The Kier molecular flexibility index (Phi) is 6.13. The molecule has 0 radical (unpaired) electrons. The van der Waals surface area contributed by atoms with E-state index in [1.54, 1.807) is 30.3 Å². The number of amides is 3. The highest BCUT2D eigenvalue weighted by atomic mass is 32.1. The van der Waals surface area contributed by atoms with Gasteiger partial charge in [-0.25, -0.2) is 22.6 Å². The number of aromatic nitrogens is 2. The number of nitrogens with one attached hydrogen (secondary N) is 2. The molecule has 0 atom stereocenters. The second kappa shape index (κ2) is 9.17. The molecule has 168 valence electrons. The zero-order valence-corrected chi connectivity index (χ0v) is 17.6. The number of hydrogen-bond donors (Lipinski definition) is 3. The van der Waals surface area contributed by atoms with Crippen LogP contribution in [-0.2, 0) is 11.2 Å². The molecule has 4 rings (SSSR count). The van der Waals surface area contributed by atoms with Crippen molar-refractivity contribution >= 4 is 34.8 Å². The molecular weight excluding hydrogens is 455 g/mol. The van der Waals surface area contributed by atoms with Crippen LogP contribution >= 0.6 is 11.3 Å². The van der Waals surface area contributed by atoms with Crippen LogP contribution in [0, 0.1) is 17.5 Å². The Balaban J connectivity index is 1.67. The van der Waals surface area contributed by atoms with Gasteiger partial charge in [0.15, 0.2) is 17.5 Å². The Bertz CT molecular complexity index is 1340. The van der Waals surface area contributed by atoms with Crippen LogP contribution in [0.15, 0.2) is 60.0 Å². The minimum absolute atomic E-state index is 0.0194. The number of anilines is 2. The number of carbonyl (C=O) groups excluding carboxylic acids is 2. The lowest BCUT2D eigenvalue weighted by molar-refractivity contribution is -0.117. The van der Waals surface area contributed by atoms with Gasteiger partial charge in [-0.2, -0.15) is 5.10 Å². The van der Waals surface area contributed by atoms with Crippen LogP contribution in [0.2, 0.25) is 0 Å². The van der Waals surface area contributed by atoms with Crippen molar-refractivity contribution < 1.29 is 22.8 Å². The number of urea groups is 1. The molecule has 0 aliphatic heterocycles. The summed E-state index contributed by atoms with van der Waals surface area (Å²) in [5.74, 6) is -4.86. The standard InChI is InChI=1S/C22H16F3N5O2S/c23-14-6-7-15(21(25)20(14)24)27-22(32)28-19-11-16(17-5-2-8-33-17)29-30(19)13-4-1-3-12(9-13)10-18(26)31/h1-9,11H,10H2,(H2,26,31)(H2,27,28,32). The second-order valence-corrected chi connectivity index (χ2v) is 7.87. The monoisotopic (exact) mass is 471 g/mol. The van der Waals surface area contributed by atoms with E-state index in [0.717, 1.165) is 10.9 Å². The van der Waals surface area contributed by atoms with E-state index >= 15 is 0 Å². The SMILES string of the molecule is NC(=O)Cc1cccc(-n2nc(-c3cccs3)cc2NC(=O)Nc2ccc(F)c(F)c2F)c1. The first-order valence-electron chi connectivity index (χ1n) is 9.55. The van der Waals surface area contributed by atoms with Gasteiger partial charge in [0.25, 0.3) is 0 Å². The van der Waals surface area contributed by atoms with E-state index < -0.39 is 35.1 Å². The smallest absolute Gasteiger partial charge is 0.324 e. The molecular formula is C22H16F3N5O2S. The summed E-state index contributed by atoms with van der Waals surface area (Å²) in [6.45, 7) is 0. The van der Waals surface area contributed by atoms with E-state index in [1.807, 2.05) is 17.5 Å². The zero-order valence-electron chi connectivity index (χ0n) is 16.8. The maximum absolute atomic E-state index is 13.9. The normalized spacial score (nSPS) is 10.8. The lowest BCUT2D eigenvalue weighted by Crippen LogP contribution is -2.22. The average Bonchev–Trinajstić information content (AvgIpc) is 3.44. The van der Waals surface area contributed by atoms with Crippen LogP contribution in [0.3, 0.4) is 0 Å². The molecule has 7 nitrogen and oxygen atoms in total. The maximum atomic E-state index is 13.9. The van der Waals surface area contributed by atoms with E-state index in [1.165, 1.54) is 16.0 Å². The molecule has 2 heterocycles. The van der Waals surface area contributed by atoms with Crippen molar-refractivity contribution in [1.82, 2.24) is 9.78 Å². The topological polar surface area (TPSA) is 102 Å². The van der Waals surface area contributed by atoms with Gasteiger partial charge >= 0.3 is 6.03 Å². The van der Waals surface area contributed by atoms with Gasteiger partial charge in [-0.3, -0.25) is 10.1 Å². The third-order valence-electron chi connectivity index (χ3n) is 4.54. The molecule has 11 heteroatoms. The number of hydrogen-bond acceptors (Lipinski definition) is 4. The number of primary amides is 1. The van der Waals surface area contributed by atoms with Crippen LogP contribution in [0.25, 0.3) is 16.3 Å². The highest BCUT2D eigenvalue weighted by Crippen LogP contribution is 2.29. The number of nitrogens with zero attached hydrogens (tertiary/aromatic N) is 2. The predicted molar refractivity (Wildman–Crippen MR) is 119 cm³/mol. The van der Waals surface area contributed by atoms with Crippen molar-refractivity contribution in [2.24, 2.45) is 5.73 Å². The van der Waals surface area contributed by atoms with Crippen LogP contribution in [-0.4, -0.2) is 21.7 Å². The van der Waals surface area contributed by atoms with Gasteiger partial charge in [0.2, 0.25) is 5.91 Å². The number of halogens is 3. The Morgan fingerprint density at radius 3 is 2.55 bits per heavy atom. The summed E-state index contributed by atoms with van der Waals surface area (Å²) < 4.78 is 42.0. The van der Waals surface area contributed by atoms with Gasteiger partial charge in [0.1, 0.15) is 11.5 Å². The summed E-state index contributed by atoms with van der Waals surface area (Å²) >= 11 is 1.44. The molecule has 0 saturated carbocycles. The third-order valence-corrected chi connectivity index (χ3v) is 5.43. The summed E-state index contributed by atoms with van der Waals surface area (Å²) in [7, 11) is 0. The summed E-state index contributed by atoms with van der Waals surface area (Å²) in [6.07, 6.45) is 0.0194. The molecule has 0 saturated heterocycles. The predicted octanol–water partition coefficient (Wildman–Crippen LogP) is 4.69. The van der Waals surface area contributed by atoms with Gasteiger partial charge in [-0.1, -0.05) is 18.2 Å². The number of rotatable bonds is 6. The van der Waals surface area contributed by atoms with E-state index in [0.29, 0.717) is 23.0 Å². The highest BCUT2D eigenvalue weighted by Gasteiger charge is 2.18. The van der Waals surface area contributed by atoms with Crippen molar-refractivity contribution in [2.75, 3.05) is 10.6 Å². The first kappa shape index (κ1) is 22.1. The quantitative estimate of drug-likeness (QED) is 0.356. The second-order valence-electron chi connectivity index (χ2n) is 6.92.